The molecule has 1 saturated heterocycles. The van der Waals surface area contributed by atoms with Crippen LogP contribution in [0.25, 0.3) is 0 Å². The molecule has 1 atom stereocenters. The third-order valence-electron chi connectivity index (χ3n) is 2.96. The summed E-state index contributed by atoms with van der Waals surface area (Å²) < 4.78 is 10.2. The second-order valence-electron chi connectivity index (χ2n) is 4.54. The number of hydrogen-bond donors (Lipinski definition) is 0. The number of benzene rings is 1. The van der Waals surface area contributed by atoms with Gasteiger partial charge in [-0.1, -0.05) is 13.0 Å². The van der Waals surface area contributed by atoms with Crippen LogP contribution in [0.5, 0.6) is 5.75 Å². The van der Waals surface area contributed by atoms with Crippen LogP contribution >= 0.6 is 0 Å². The van der Waals surface area contributed by atoms with Crippen LogP contribution in [0.2, 0.25) is 0 Å². The van der Waals surface area contributed by atoms with E-state index in [4.69, 9.17) is 4.74 Å². The molecule has 1 aliphatic rings. The van der Waals surface area contributed by atoms with E-state index in [0.717, 1.165) is 17.9 Å². The highest BCUT2D eigenvalue weighted by Crippen LogP contribution is 2.23. The molecule has 5 nitrogen and oxygen atoms in total. The van der Waals surface area contributed by atoms with Gasteiger partial charge in [-0.05, 0) is 25.5 Å². The van der Waals surface area contributed by atoms with Gasteiger partial charge in [0.15, 0.2) is 0 Å². The van der Waals surface area contributed by atoms with E-state index in [1.807, 2.05) is 38.1 Å². The summed E-state index contributed by atoms with van der Waals surface area (Å²) in [4.78, 5) is 24.2. The second kappa shape index (κ2) is 5.73. The standard InChI is InChI=1S/C14H17NO4/c1-3-10(2)18-12-6-4-5-11(7-12)15-8-13(16)19-14(17)9-15/h4-7,10H,3,8-9H2,1-2H3. The van der Waals surface area contributed by atoms with E-state index in [-0.39, 0.29) is 19.2 Å². The van der Waals surface area contributed by atoms with Crippen LogP contribution in [-0.4, -0.2) is 31.1 Å². The van der Waals surface area contributed by atoms with Crippen LogP contribution in [0.3, 0.4) is 0 Å². The van der Waals surface area contributed by atoms with Crippen molar-refractivity contribution < 1.29 is 19.1 Å². The number of carbonyl (C=O) groups is 2. The van der Waals surface area contributed by atoms with Crippen molar-refractivity contribution in [1.29, 1.82) is 0 Å². The van der Waals surface area contributed by atoms with Gasteiger partial charge in [0, 0.05) is 11.8 Å². The van der Waals surface area contributed by atoms with Crippen molar-refractivity contribution >= 4 is 17.6 Å². The lowest BCUT2D eigenvalue weighted by Gasteiger charge is -2.26. The average Bonchev–Trinajstić information content (AvgIpc) is 2.38. The zero-order valence-electron chi connectivity index (χ0n) is 11.1. The number of esters is 2. The molecule has 1 heterocycles. The van der Waals surface area contributed by atoms with Crippen molar-refractivity contribution in [2.75, 3.05) is 18.0 Å². The summed E-state index contributed by atoms with van der Waals surface area (Å²) in [5.74, 6) is -0.313. The molecule has 1 aliphatic heterocycles. The van der Waals surface area contributed by atoms with Crippen LogP contribution in [0.15, 0.2) is 24.3 Å². The Morgan fingerprint density at radius 1 is 1.32 bits per heavy atom. The van der Waals surface area contributed by atoms with Gasteiger partial charge in [-0.25, -0.2) is 9.59 Å². The van der Waals surface area contributed by atoms with E-state index >= 15 is 0 Å². The van der Waals surface area contributed by atoms with Crippen LogP contribution in [0, 0.1) is 0 Å². The molecule has 2 rings (SSSR count). The summed E-state index contributed by atoms with van der Waals surface area (Å²) in [5.41, 5.74) is 0.783. The Bertz CT molecular complexity index is 470. The number of ether oxygens (including phenoxy) is 2. The van der Waals surface area contributed by atoms with Crippen LogP contribution in [0.1, 0.15) is 20.3 Å². The molecule has 0 aromatic heterocycles. The van der Waals surface area contributed by atoms with Crippen LogP contribution in [0.4, 0.5) is 5.69 Å². The van der Waals surface area contributed by atoms with Gasteiger partial charge in [-0.3, -0.25) is 0 Å². The molecule has 1 unspecified atom stereocenters. The molecule has 102 valence electrons. The van der Waals surface area contributed by atoms with E-state index in [1.54, 1.807) is 4.90 Å². The number of anilines is 1. The van der Waals surface area contributed by atoms with E-state index in [9.17, 15) is 9.59 Å². The summed E-state index contributed by atoms with van der Waals surface area (Å²) in [6, 6.07) is 7.38. The predicted molar refractivity (Wildman–Crippen MR) is 70.1 cm³/mol. The van der Waals surface area contributed by atoms with E-state index < -0.39 is 11.9 Å². The van der Waals surface area contributed by atoms with Crippen molar-refractivity contribution in [2.45, 2.75) is 26.4 Å². The molecule has 0 N–H and O–H groups in total. The van der Waals surface area contributed by atoms with E-state index in [2.05, 4.69) is 4.74 Å². The number of carbonyl (C=O) groups excluding carboxylic acids is 2. The van der Waals surface area contributed by atoms with Gasteiger partial charge in [0.25, 0.3) is 0 Å². The normalized spacial score (nSPS) is 17.1. The van der Waals surface area contributed by atoms with Crippen molar-refractivity contribution in [3.05, 3.63) is 24.3 Å². The largest absolute Gasteiger partial charge is 0.491 e. The maximum absolute atomic E-state index is 11.3. The highest BCUT2D eigenvalue weighted by atomic mass is 16.6. The summed E-state index contributed by atoms with van der Waals surface area (Å²) >= 11 is 0. The van der Waals surface area contributed by atoms with E-state index in [0.29, 0.717) is 0 Å². The quantitative estimate of drug-likeness (QED) is 0.612. The van der Waals surface area contributed by atoms with Gasteiger partial charge < -0.3 is 14.4 Å². The lowest BCUT2D eigenvalue weighted by molar-refractivity contribution is -0.160. The molecule has 0 radical (unpaired) electrons. The van der Waals surface area contributed by atoms with Crippen molar-refractivity contribution in [1.82, 2.24) is 0 Å². The fraction of sp³-hybridized carbons (Fsp3) is 0.429. The molecule has 0 aliphatic carbocycles. The summed E-state index contributed by atoms with van der Waals surface area (Å²) in [7, 11) is 0. The predicted octanol–water partition coefficient (Wildman–Crippen LogP) is 1.75. The molecule has 0 spiro atoms. The van der Waals surface area contributed by atoms with Crippen LogP contribution < -0.4 is 9.64 Å². The maximum Gasteiger partial charge on any atom is 0.333 e. The monoisotopic (exact) mass is 263 g/mol. The molecular weight excluding hydrogens is 246 g/mol. The van der Waals surface area contributed by atoms with Crippen molar-refractivity contribution in [3.63, 3.8) is 0 Å². The van der Waals surface area contributed by atoms with Gasteiger partial charge in [0.1, 0.15) is 18.8 Å². The van der Waals surface area contributed by atoms with Crippen molar-refractivity contribution in [2.24, 2.45) is 0 Å². The Labute approximate surface area is 112 Å². The number of cyclic esters (lactones) is 2. The minimum atomic E-state index is -0.524. The molecular formula is C14H17NO4. The molecule has 0 bridgehead atoms. The number of hydrogen-bond acceptors (Lipinski definition) is 5. The fourth-order valence-electron chi connectivity index (χ4n) is 1.81. The highest BCUT2D eigenvalue weighted by Gasteiger charge is 2.25. The topological polar surface area (TPSA) is 55.8 Å². The number of nitrogens with zero attached hydrogens (tertiary/aromatic N) is 1. The molecule has 1 aromatic carbocycles. The Morgan fingerprint density at radius 2 is 2.00 bits per heavy atom. The molecule has 19 heavy (non-hydrogen) atoms. The third kappa shape index (κ3) is 3.47. The number of rotatable bonds is 4. The first-order valence-electron chi connectivity index (χ1n) is 6.33. The van der Waals surface area contributed by atoms with Crippen LogP contribution in [-0.2, 0) is 14.3 Å². The lowest BCUT2D eigenvalue weighted by Crippen LogP contribution is -2.42. The first-order valence-corrected chi connectivity index (χ1v) is 6.33. The molecule has 1 fully saturated rings. The molecule has 0 saturated carbocycles. The third-order valence-corrected chi connectivity index (χ3v) is 2.96. The average molecular weight is 263 g/mol. The van der Waals surface area contributed by atoms with E-state index in [1.165, 1.54) is 0 Å². The maximum atomic E-state index is 11.3. The SMILES string of the molecule is CCC(C)Oc1cccc(N2CC(=O)OC(=O)C2)c1. The minimum Gasteiger partial charge on any atom is -0.491 e. The molecule has 0 amide bonds. The fourth-order valence-corrected chi connectivity index (χ4v) is 1.81. The first kappa shape index (κ1) is 13.4. The van der Waals surface area contributed by atoms with Gasteiger partial charge >= 0.3 is 11.9 Å². The zero-order valence-corrected chi connectivity index (χ0v) is 11.1. The minimum absolute atomic E-state index is 0.0819. The number of morpholine rings is 1. The molecule has 1 aromatic rings. The van der Waals surface area contributed by atoms with Crippen molar-refractivity contribution in [3.8, 4) is 5.75 Å². The summed E-state index contributed by atoms with van der Waals surface area (Å²) in [6.07, 6.45) is 1.04. The lowest BCUT2D eigenvalue weighted by atomic mass is 10.2. The highest BCUT2D eigenvalue weighted by molar-refractivity contribution is 5.94. The second-order valence-corrected chi connectivity index (χ2v) is 4.54. The first-order chi connectivity index (χ1) is 9.08. The summed E-state index contributed by atoms with van der Waals surface area (Å²) in [5, 5.41) is 0. The Hall–Kier alpha value is -2.04. The molecule has 5 heteroatoms. The Morgan fingerprint density at radius 3 is 2.63 bits per heavy atom. The van der Waals surface area contributed by atoms with Gasteiger partial charge in [-0.15, -0.1) is 0 Å². The smallest absolute Gasteiger partial charge is 0.333 e. The zero-order chi connectivity index (χ0) is 13.8. The van der Waals surface area contributed by atoms with Gasteiger partial charge in [0.2, 0.25) is 0 Å². The summed E-state index contributed by atoms with van der Waals surface area (Å²) in [6.45, 7) is 4.21. The van der Waals surface area contributed by atoms with Gasteiger partial charge in [0.05, 0.1) is 6.10 Å². The Kier molecular flexibility index (Phi) is 4.04. The Balaban J connectivity index is 2.13. The van der Waals surface area contributed by atoms with Gasteiger partial charge in [-0.2, -0.15) is 0 Å².